The van der Waals surface area contributed by atoms with E-state index >= 15 is 0 Å². The average molecular weight is 363 g/mol. The van der Waals surface area contributed by atoms with Gasteiger partial charge in [0, 0.05) is 44.0 Å². The zero-order valence-corrected chi connectivity index (χ0v) is 15.4. The van der Waals surface area contributed by atoms with E-state index in [1.165, 1.54) is 18.4 Å². The highest BCUT2D eigenvalue weighted by molar-refractivity contribution is 5.94. The van der Waals surface area contributed by atoms with E-state index in [-0.39, 0.29) is 30.0 Å². The van der Waals surface area contributed by atoms with Crippen molar-refractivity contribution in [3.63, 3.8) is 0 Å². The molecule has 27 heavy (non-hydrogen) atoms. The lowest BCUT2D eigenvalue weighted by molar-refractivity contribution is -0.180. The number of carbonyl (C=O) groups excluding carboxylic acids is 1. The van der Waals surface area contributed by atoms with Gasteiger partial charge in [-0.05, 0) is 36.5 Å². The summed E-state index contributed by atoms with van der Waals surface area (Å²) in [5, 5.41) is 10.1. The van der Waals surface area contributed by atoms with E-state index in [1.54, 1.807) is 18.5 Å². The molecule has 1 spiro atoms. The summed E-state index contributed by atoms with van der Waals surface area (Å²) in [7, 11) is 0. The lowest BCUT2D eigenvalue weighted by Crippen LogP contribution is -2.85. The van der Waals surface area contributed by atoms with Crippen molar-refractivity contribution >= 4 is 5.91 Å². The molecule has 5 rings (SSSR count). The maximum absolute atomic E-state index is 12.8. The summed E-state index contributed by atoms with van der Waals surface area (Å²) in [4.78, 5) is 21.3. The number of pyridine rings is 1. The van der Waals surface area contributed by atoms with E-state index in [4.69, 9.17) is 0 Å². The molecule has 2 saturated heterocycles. The molecule has 1 amide bonds. The van der Waals surface area contributed by atoms with E-state index in [9.17, 15) is 9.90 Å². The van der Waals surface area contributed by atoms with E-state index in [2.05, 4.69) is 34.1 Å². The van der Waals surface area contributed by atoms with Crippen LogP contribution in [-0.2, 0) is 0 Å². The minimum absolute atomic E-state index is 0.0325. The van der Waals surface area contributed by atoms with Crippen LogP contribution in [0, 0.1) is 5.92 Å². The molecule has 3 aliphatic rings. The fourth-order valence-electron chi connectivity index (χ4n) is 5.07. The minimum atomic E-state index is -0.0325. The molecule has 0 unspecified atom stereocenters. The molecule has 5 nitrogen and oxygen atoms in total. The van der Waals surface area contributed by atoms with Crippen LogP contribution in [-0.4, -0.2) is 63.6 Å². The van der Waals surface area contributed by atoms with Crippen LogP contribution in [0.5, 0.6) is 0 Å². The van der Waals surface area contributed by atoms with Crippen LogP contribution in [0.25, 0.3) is 0 Å². The Labute approximate surface area is 159 Å². The predicted octanol–water partition coefficient (Wildman–Crippen LogP) is 2.15. The standard InChI is InChI=1S/C22H25N3O2/c26-13-19-20(17-5-2-1-3-6-17)22(25(19)12-16-8-9-16)14-24(15-22)21(27)18-7-4-10-23-11-18/h1-7,10-11,16,19-20,26H,8-9,12-15H2/t19-,20+/m1/s1. The van der Waals surface area contributed by atoms with Gasteiger partial charge in [-0.25, -0.2) is 0 Å². The maximum atomic E-state index is 12.8. The number of likely N-dealkylation sites (tertiary alicyclic amines) is 2. The zero-order chi connectivity index (χ0) is 18.4. The molecule has 1 saturated carbocycles. The van der Waals surface area contributed by atoms with Crippen molar-refractivity contribution in [3.8, 4) is 0 Å². The summed E-state index contributed by atoms with van der Waals surface area (Å²) in [6.07, 6.45) is 5.91. The third-order valence-corrected chi connectivity index (χ3v) is 6.56. The van der Waals surface area contributed by atoms with Crippen LogP contribution in [0.1, 0.15) is 34.7 Å². The second kappa shape index (κ2) is 6.43. The van der Waals surface area contributed by atoms with Gasteiger partial charge in [-0.15, -0.1) is 0 Å². The first-order valence-electron chi connectivity index (χ1n) is 9.85. The average Bonchev–Trinajstić information content (AvgIpc) is 3.49. The molecule has 1 N–H and O–H groups in total. The quantitative estimate of drug-likeness (QED) is 0.884. The molecule has 3 heterocycles. The Kier molecular flexibility index (Phi) is 4.02. The van der Waals surface area contributed by atoms with Gasteiger partial charge >= 0.3 is 0 Å². The van der Waals surface area contributed by atoms with Gasteiger partial charge in [-0.1, -0.05) is 30.3 Å². The Morgan fingerprint density at radius 2 is 1.93 bits per heavy atom. The summed E-state index contributed by atoms with van der Waals surface area (Å²) in [6, 6.07) is 14.3. The zero-order valence-electron chi connectivity index (χ0n) is 15.4. The second-order valence-electron chi connectivity index (χ2n) is 8.24. The molecule has 1 aliphatic carbocycles. The molecular formula is C22H25N3O2. The van der Waals surface area contributed by atoms with Crippen LogP contribution in [0.4, 0.5) is 0 Å². The number of rotatable bonds is 5. The molecule has 3 fully saturated rings. The molecular weight excluding hydrogens is 338 g/mol. The summed E-state index contributed by atoms with van der Waals surface area (Å²) in [5.41, 5.74) is 1.89. The van der Waals surface area contributed by atoms with Crippen LogP contribution < -0.4 is 0 Å². The van der Waals surface area contributed by atoms with Crippen molar-refractivity contribution in [1.29, 1.82) is 0 Å². The first kappa shape index (κ1) is 16.9. The number of aliphatic hydroxyl groups is 1. The lowest BCUT2D eigenvalue weighted by Gasteiger charge is -2.71. The van der Waals surface area contributed by atoms with Gasteiger partial charge in [-0.3, -0.25) is 14.7 Å². The Morgan fingerprint density at radius 3 is 2.56 bits per heavy atom. The highest BCUT2D eigenvalue weighted by atomic mass is 16.3. The number of nitrogens with zero attached hydrogens (tertiary/aromatic N) is 3. The van der Waals surface area contributed by atoms with Crippen molar-refractivity contribution in [3.05, 3.63) is 66.0 Å². The Bertz CT molecular complexity index is 816. The van der Waals surface area contributed by atoms with Crippen molar-refractivity contribution < 1.29 is 9.90 Å². The highest BCUT2D eigenvalue weighted by Crippen LogP contribution is 2.55. The van der Waals surface area contributed by atoms with Gasteiger partial charge in [0.2, 0.25) is 0 Å². The summed E-state index contributed by atoms with van der Waals surface area (Å²) >= 11 is 0. The van der Waals surface area contributed by atoms with Crippen LogP contribution in [0.15, 0.2) is 54.9 Å². The fourth-order valence-corrected chi connectivity index (χ4v) is 5.07. The van der Waals surface area contributed by atoms with Crippen LogP contribution >= 0.6 is 0 Å². The third-order valence-electron chi connectivity index (χ3n) is 6.56. The van der Waals surface area contributed by atoms with E-state index < -0.39 is 0 Å². The van der Waals surface area contributed by atoms with Crippen molar-refractivity contribution in [2.24, 2.45) is 5.92 Å². The highest BCUT2D eigenvalue weighted by Gasteiger charge is 2.66. The first-order valence-corrected chi connectivity index (χ1v) is 9.85. The predicted molar refractivity (Wildman–Crippen MR) is 102 cm³/mol. The number of aromatic nitrogens is 1. The molecule has 1 aromatic heterocycles. The number of hydrogen-bond donors (Lipinski definition) is 1. The lowest BCUT2D eigenvalue weighted by atomic mass is 9.60. The minimum Gasteiger partial charge on any atom is -0.395 e. The molecule has 5 heteroatoms. The monoisotopic (exact) mass is 363 g/mol. The van der Waals surface area contributed by atoms with Crippen molar-refractivity contribution in [1.82, 2.24) is 14.8 Å². The number of amides is 1. The van der Waals surface area contributed by atoms with Gasteiger partial charge in [0.05, 0.1) is 17.7 Å². The number of carbonyl (C=O) groups is 1. The Morgan fingerprint density at radius 1 is 1.15 bits per heavy atom. The number of aliphatic hydroxyl groups excluding tert-OH is 1. The van der Waals surface area contributed by atoms with E-state index in [0.29, 0.717) is 5.56 Å². The van der Waals surface area contributed by atoms with Gasteiger partial charge in [0.15, 0.2) is 0 Å². The molecule has 140 valence electrons. The largest absolute Gasteiger partial charge is 0.395 e. The fraction of sp³-hybridized carbons (Fsp3) is 0.455. The SMILES string of the molecule is O=C(c1cccnc1)N1CC2(C1)[C@@H](c1ccccc1)[C@@H](CO)N2CC1CC1. The second-order valence-corrected chi connectivity index (χ2v) is 8.24. The topological polar surface area (TPSA) is 56.7 Å². The molecule has 2 aromatic rings. The first-order chi connectivity index (χ1) is 13.2. The summed E-state index contributed by atoms with van der Waals surface area (Å²) in [6.45, 7) is 2.67. The molecule has 2 aliphatic heterocycles. The van der Waals surface area contributed by atoms with Crippen LogP contribution in [0.3, 0.4) is 0 Å². The molecule has 1 aromatic carbocycles. The van der Waals surface area contributed by atoms with Crippen molar-refractivity contribution in [2.75, 3.05) is 26.2 Å². The smallest absolute Gasteiger partial charge is 0.255 e. The van der Waals surface area contributed by atoms with Crippen molar-refractivity contribution in [2.45, 2.75) is 30.3 Å². The van der Waals surface area contributed by atoms with E-state index in [0.717, 1.165) is 25.6 Å². The van der Waals surface area contributed by atoms with Gasteiger partial charge < -0.3 is 10.0 Å². The molecule has 0 radical (unpaired) electrons. The summed E-state index contributed by atoms with van der Waals surface area (Å²) < 4.78 is 0. The normalized spacial score (nSPS) is 26.5. The van der Waals surface area contributed by atoms with E-state index in [1.807, 2.05) is 17.0 Å². The number of benzene rings is 1. The van der Waals surface area contributed by atoms with Crippen LogP contribution in [0.2, 0.25) is 0 Å². The Hall–Kier alpha value is -2.24. The summed E-state index contributed by atoms with van der Waals surface area (Å²) in [5.74, 6) is 1.09. The maximum Gasteiger partial charge on any atom is 0.255 e. The molecule has 2 atom stereocenters. The third kappa shape index (κ3) is 2.68. The molecule has 0 bridgehead atoms. The van der Waals surface area contributed by atoms with Gasteiger partial charge in [0.1, 0.15) is 0 Å². The van der Waals surface area contributed by atoms with Gasteiger partial charge in [0.25, 0.3) is 5.91 Å². The Balaban J connectivity index is 1.40. The van der Waals surface area contributed by atoms with Gasteiger partial charge in [-0.2, -0.15) is 0 Å². The number of hydrogen-bond acceptors (Lipinski definition) is 4.